The van der Waals surface area contributed by atoms with Gasteiger partial charge in [0, 0.05) is 16.7 Å². The zero-order valence-electron chi connectivity index (χ0n) is 23.1. The van der Waals surface area contributed by atoms with Crippen LogP contribution >= 0.6 is 0 Å². The monoisotopic (exact) mass is 518 g/mol. The predicted octanol–water partition coefficient (Wildman–Crippen LogP) is 8.40. The lowest BCUT2D eigenvalue weighted by Crippen LogP contribution is -2.29. The van der Waals surface area contributed by atoms with Crippen molar-refractivity contribution in [1.29, 1.82) is 0 Å². The second kappa shape index (κ2) is 10.8. The maximum atomic E-state index is 13.7. The summed E-state index contributed by atoms with van der Waals surface area (Å²) in [6, 6.07) is 34.3. The number of methoxy groups -OCH3 is 1. The maximum Gasteiger partial charge on any atom is 0.347 e. The molecule has 4 heteroatoms. The lowest BCUT2D eigenvalue weighted by Gasteiger charge is -2.27. The second-order valence-corrected chi connectivity index (χ2v) is 10.8. The third-order valence-electron chi connectivity index (χ3n) is 7.08. The van der Waals surface area contributed by atoms with Crippen LogP contribution in [0.2, 0.25) is 0 Å². The Morgan fingerprint density at radius 2 is 1.26 bits per heavy atom. The van der Waals surface area contributed by atoms with E-state index in [1.807, 2.05) is 66.7 Å². The molecule has 0 heterocycles. The normalized spacial score (nSPS) is 12.5. The standard InChI is InChI=1S/C35H34O4/c1-23(38-32-21-20-26(37-5)22-31(32)35(2,3)4)34(36)39-33(29-18-10-14-24-12-6-8-16-27(24)29)30-19-11-15-25-13-7-9-17-28(25)30/h6-23,33H,1-5H3/t23-/m0/s1. The number of rotatable bonds is 7. The van der Waals surface area contributed by atoms with E-state index in [-0.39, 0.29) is 5.41 Å². The van der Waals surface area contributed by atoms with Crippen LogP contribution in [0.25, 0.3) is 21.5 Å². The number of hydrogen-bond donors (Lipinski definition) is 0. The van der Waals surface area contributed by atoms with E-state index in [0.717, 1.165) is 44.0 Å². The molecule has 198 valence electrons. The summed E-state index contributed by atoms with van der Waals surface area (Å²) in [6.07, 6.45) is -1.44. The van der Waals surface area contributed by atoms with Gasteiger partial charge in [-0.3, -0.25) is 0 Å². The van der Waals surface area contributed by atoms with Crippen LogP contribution in [0.5, 0.6) is 11.5 Å². The topological polar surface area (TPSA) is 44.8 Å². The number of carbonyl (C=O) groups is 1. The minimum absolute atomic E-state index is 0.206. The summed E-state index contributed by atoms with van der Waals surface area (Å²) in [5.74, 6) is 0.950. The molecule has 0 saturated heterocycles. The molecule has 0 aliphatic heterocycles. The zero-order chi connectivity index (χ0) is 27.6. The van der Waals surface area contributed by atoms with Gasteiger partial charge in [-0.05, 0) is 52.1 Å². The van der Waals surface area contributed by atoms with E-state index in [9.17, 15) is 4.79 Å². The Kier molecular flexibility index (Phi) is 7.30. The molecular formula is C35H34O4. The van der Waals surface area contributed by atoms with Gasteiger partial charge in [-0.2, -0.15) is 0 Å². The van der Waals surface area contributed by atoms with Crippen molar-refractivity contribution >= 4 is 27.5 Å². The van der Waals surface area contributed by atoms with E-state index in [4.69, 9.17) is 14.2 Å². The molecule has 5 aromatic carbocycles. The average molecular weight is 519 g/mol. The summed E-state index contributed by atoms with van der Waals surface area (Å²) in [5.41, 5.74) is 2.62. The van der Waals surface area contributed by atoms with E-state index in [2.05, 4.69) is 57.2 Å². The number of hydrogen-bond acceptors (Lipinski definition) is 4. The second-order valence-electron chi connectivity index (χ2n) is 10.8. The molecule has 4 nitrogen and oxygen atoms in total. The highest BCUT2D eigenvalue weighted by molar-refractivity contribution is 5.90. The molecule has 0 aliphatic carbocycles. The number of benzene rings is 5. The average Bonchev–Trinajstić information content (AvgIpc) is 2.95. The summed E-state index contributed by atoms with van der Waals surface area (Å²) < 4.78 is 18.0. The van der Waals surface area contributed by atoms with Crippen LogP contribution in [0, 0.1) is 0 Å². The number of ether oxygens (including phenoxy) is 3. The van der Waals surface area contributed by atoms with E-state index >= 15 is 0 Å². The highest BCUT2D eigenvalue weighted by atomic mass is 16.6. The van der Waals surface area contributed by atoms with Crippen molar-refractivity contribution in [3.05, 3.63) is 120 Å². The van der Waals surface area contributed by atoms with E-state index < -0.39 is 18.2 Å². The summed E-state index contributed by atoms with van der Waals surface area (Å²) in [6.45, 7) is 8.06. The van der Waals surface area contributed by atoms with Gasteiger partial charge in [0.05, 0.1) is 7.11 Å². The third-order valence-corrected chi connectivity index (χ3v) is 7.08. The molecule has 0 unspecified atom stereocenters. The molecule has 0 spiro atoms. The molecule has 0 saturated carbocycles. The predicted molar refractivity (Wildman–Crippen MR) is 158 cm³/mol. The molecule has 5 aromatic rings. The first-order valence-corrected chi connectivity index (χ1v) is 13.3. The van der Waals surface area contributed by atoms with Gasteiger partial charge >= 0.3 is 5.97 Å². The molecule has 0 fully saturated rings. The van der Waals surface area contributed by atoms with Gasteiger partial charge in [0.25, 0.3) is 0 Å². The fraction of sp³-hybridized carbons (Fsp3) is 0.229. The van der Waals surface area contributed by atoms with Crippen molar-refractivity contribution in [3.8, 4) is 11.5 Å². The molecule has 0 radical (unpaired) electrons. The Morgan fingerprint density at radius 1 is 0.718 bits per heavy atom. The van der Waals surface area contributed by atoms with Crippen molar-refractivity contribution in [3.63, 3.8) is 0 Å². The molecule has 0 N–H and O–H groups in total. The van der Waals surface area contributed by atoms with Gasteiger partial charge in [0.2, 0.25) is 0 Å². The van der Waals surface area contributed by atoms with Crippen LogP contribution in [0.4, 0.5) is 0 Å². The van der Waals surface area contributed by atoms with E-state index in [0.29, 0.717) is 5.75 Å². The highest BCUT2D eigenvalue weighted by Crippen LogP contribution is 2.37. The lowest BCUT2D eigenvalue weighted by atomic mass is 9.86. The first kappa shape index (κ1) is 26.3. The quantitative estimate of drug-likeness (QED) is 0.203. The Balaban J connectivity index is 1.54. The molecule has 0 aromatic heterocycles. The van der Waals surface area contributed by atoms with Gasteiger partial charge in [-0.15, -0.1) is 0 Å². The maximum absolute atomic E-state index is 13.7. The Labute approximate surface area is 230 Å². The SMILES string of the molecule is COc1ccc(O[C@@H](C)C(=O)OC(c2cccc3ccccc23)c2cccc3ccccc23)c(C(C)(C)C)c1. The van der Waals surface area contributed by atoms with Crippen molar-refractivity contribution in [2.45, 2.75) is 45.3 Å². The fourth-order valence-corrected chi connectivity index (χ4v) is 5.03. The zero-order valence-corrected chi connectivity index (χ0v) is 23.1. The molecule has 39 heavy (non-hydrogen) atoms. The van der Waals surface area contributed by atoms with Gasteiger partial charge in [0.1, 0.15) is 11.5 Å². The van der Waals surface area contributed by atoms with Crippen LogP contribution < -0.4 is 9.47 Å². The van der Waals surface area contributed by atoms with E-state index in [1.165, 1.54) is 0 Å². The van der Waals surface area contributed by atoms with Crippen LogP contribution in [-0.2, 0) is 14.9 Å². The number of carbonyl (C=O) groups excluding carboxylic acids is 1. The molecule has 0 bridgehead atoms. The van der Waals surface area contributed by atoms with Crippen molar-refractivity contribution < 1.29 is 19.0 Å². The Hall–Kier alpha value is -4.31. The van der Waals surface area contributed by atoms with Crippen LogP contribution in [0.15, 0.2) is 103 Å². The smallest absolute Gasteiger partial charge is 0.347 e. The van der Waals surface area contributed by atoms with Gasteiger partial charge in [0.15, 0.2) is 12.2 Å². The molecular weight excluding hydrogens is 484 g/mol. The van der Waals surface area contributed by atoms with Gasteiger partial charge in [-0.25, -0.2) is 4.79 Å². The Morgan fingerprint density at radius 3 is 1.79 bits per heavy atom. The summed E-state index contributed by atoms with van der Waals surface area (Å²) in [4.78, 5) is 13.7. The summed E-state index contributed by atoms with van der Waals surface area (Å²) in [5, 5.41) is 4.27. The lowest BCUT2D eigenvalue weighted by molar-refractivity contribution is -0.155. The first-order chi connectivity index (χ1) is 18.8. The molecule has 0 aliphatic rings. The highest BCUT2D eigenvalue weighted by Gasteiger charge is 2.28. The van der Waals surface area contributed by atoms with Crippen LogP contribution in [-0.4, -0.2) is 19.2 Å². The van der Waals surface area contributed by atoms with Crippen molar-refractivity contribution in [2.24, 2.45) is 0 Å². The van der Waals surface area contributed by atoms with E-state index in [1.54, 1.807) is 14.0 Å². The molecule has 0 amide bonds. The van der Waals surface area contributed by atoms with Gasteiger partial charge < -0.3 is 14.2 Å². The largest absolute Gasteiger partial charge is 0.497 e. The minimum atomic E-state index is -0.827. The minimum Gasteiger partial charge on any atom is -0.497 e. The summed E-state index contributed by atoms with van der Waals surface area (Å²) >= 11 is 0. The fourth-order valence-electron chi connectivity index (χ4n) is 5.03. The van der Waals surface area contributed by atoms with Crippen LogP contribution in [0.1, 0.15) is 50.5 Å². The molecule has 1 atom stereocenters. The van der Waals surface area contributed by atoms with Crippen LogP contribution in [0.3, 0.4) is 0 Å². The molecule has 5 rings (SSSR count). The third kappa shape index (κ3) is 5.46. The number of fused-ring (bicyclic) bond motifs is 2. The Bertz CT molecular complexity index is 1540. The van der Waals surface area contributed by atoms with Gasteiger partial charge in [-0.1, -0.05) is 106 Å². The van der Waals surface area contributed by atoms with Crippen molar-refractivity contribution in [2.75, 3.05) is 7.11 Å². The first-order valence-electron chi connectivity index (χ1n) is 13.3. The number of esters is 1. The summed E-state index contributed by atoms with van der Waals surface area (Å²) in [7, 11) is 1.64. The van der Waals surface area contributed by atoms with Crippen molar-refractivity contribution in [1.82, 2.24) is 0 Å².